The van der Waals surface area contributed by atoms with Crippen LogP contribution < -0.4 is 0 Å². The molecule has 0 amide bonds. The van der Waals surface area contributed by atoms with Gasteiger partial charge in [-0.1, -0.05) is 87.4 Å². The zero-order valence-electron chi connectivity index (χ0n) is 26.8. The van der Waals surface area contributed by atoms with Crippen LogP contribution in [0.15, 0.2) is 60.7 Å². The van der Waals surface area contributed by atoms with Crippen molar-refractivity contribution in [2.24, 2.45) is 0 Å². The first-order valence-electron chi connectivity index (χ1n) is 14.4. The molecule has 43 heavy (non-hydrogen) atoms. The van der Waals surface area contributed by atoms with Crippen molar-refractivity contribution in [3.05, 3.63) is 71.8 Å². The van der Waals surface area contributed by atoms with Gasteiger partial charge in [-0.05, 0) is 25.9 Å². The molecule has 0 saturated carbocycles. The van der Waals surface area contributed by atoms with E-state index in [1.807, 2.05) is 26.0 Å². The maximum absolute atomic E-state index is 12.8. The van der Waals surface area contributed by atoms with Gasteiger partial charge in [0.2, 0.25) is 0 Å². The van der Waals surface area contributed by atoms with Gasteiger partial charge in [-0.3, -0.25) is 19.2 Å². The molecule has 0 heterocycles. The first-order valence-corrected chi connectivity index (χ1v) is 19.2. The fourth-order valence-corrected chi connectivity index (χ4v) is 8.54. The number of carbonyl (C=O) groups excluding carboxylic acids is 4. The molecule has 0 aliphatic heterocycles. The largest absolute Gasteiger partial charge is 2.00 e. The molecule has 11 heteroatoms. The second kappa shape index (κ2) is 20.9. The molecular weight excluding hydrogens is 764 g/mol. The van der Waals surface area contributed by atoms with Crippen LogP contribution in [0.25, 0.3) is 0 Å². The van der Waals surface area contributed by atoms with Crippen LogP contribution in [0.4, 0.5) is 0 Å². The monoisotopic (exact) mass is 811 g/mol. The van der Waals surface area contributed by atoms with Crippen molar-refractivity contribution in [2.75, 3.05) is 28.4 Å². The van der Waals surface area contributed by atoms with E-state index in [1.54, 1.807) is 61.6 Å². The van der Waals surface area contributed by atoms with Crippen LogP contribution in [0.3, 0.4) is 0 Å². The molecule has 0 aliphatic rings. The number of rotatable bonds is 18. The molecule has 0 spiro atoms. The maximum atomic E-state index is 12.8. The van der Waals surface area contributed by atoms with Crippen LogP contribution in [0.1, 0.15) is 73.1 Å². The van der Waals surface area contributed by atoms with Crippen LogP contribution in [-0.2, 0) is 48.4 Å². The predicted octanol–water partition coefficient (Wildman–Crippen LogP) is 6.72. The summed E-state index contributed by atoms with van der Waals surface area (Å²) < 4.78 is 21.9. The van der Waals surface area contributed by atoms with E-state index in [4.69, 9.17) is 17.7 Å². The van der Waals surface area contributed by atoms with Crippen molar-refractivity contribution in [1.29, 1.82) is 0 Å². The van der Waals surface area contributed by atoms with Crippen molar-refractivity contribution in [3.8, 4) is 0 Å². The van der Waals surface area contributed by atoms with Gasteiger partial charge in [-0.25, -0.2) is 0 Å². The van der Waals surface area contributed by atoms with Crippen molar-refractivity contribution in [3.63, 3.8) is 0 Å². The molecular formula is C32H48O8PtSi2+2. The number of Topliss-reactive ketones (excluding diaryl/α,β-unsaturated/α-hetero) is 4. The van der Waals surface area contributed by atoms with Gasteiger partial charge < -0.3 is 17.7 Å². The standard InChI is InChI=1S/2C16H24O4Si.Pt/c2*1-5-6-12-14(17)16(21(4,19-2)20-3)15(18)13-10-8-7-9-11-13;/h2*7-11,16H,5-6,12H2,1-4H3;/q;;+2. The van der Waals surface area contributed by atoms with Gasteiger partial charge in [-0.15, -0.1) is 0 Å². The van der Waals surface area contributed by atoms with Crippen molar-refractivity contribution in [1.82, 2.24) is 0 Å². The molecule has 2 aromatic carbocycles. The Balaban J connectivity index is 0.000000802. The van der Waals surface area contributed by atoms with Crippen molar-refractivity contribution in [2.45, 2.75) is 76.5 Å². The Labute approximate surface area is 274 Å². The van der Waals surface area contributed by atoms with E-state index in [0.717, 1.165) is 25.7 Å². The number of hydrogen-bond acceptors (Lipinski definition) is 8. The SMILES string of the molecule is CCCCC(=O)C(C(=O)c1ccccc1)[Si](C)(OC)OC.CCCCC(=O)C(C(=O)c1ccccc1)[Si](C)(OC)OC.[Pt+2]. The number of hydrogen-bond donors (Lipinski definition) is 0. The Morgan fingerprint density at radius 2 is 0.860 bits per heavy atom. The molecule has 2 aromatic rings. The Hall–Kier alpha value is -1.92. The average molecular weight is 812 g/mol. The summed E-state index contributed by atoms with van der Waals surface area (Å²) >= 11 is 0. The maximum Gasteiger partial charge on any atom is 2.00 e. The van der Waals surface area contributed by atoms with E-state index < -0.39 is 28.2 Å². The molecule has 0 saturated heterocycles. The van der Waals surface area contributed by atoms with Gasteiger partial charge in [0, 0.05) is 52.4 Å². The zero-order chi connectivity index (χ0) is 31.8. The minimum Gasteiger partial charge on any atom is -0.397 e. The third kappa shape index (κ3) is 11.8. The van der Waals surface area contributed by atoms with E-state index in [0.29, 0.717) is 24.0 Å². The van der Waals surface area contributed by atoms with Crippen LogP contribution >= 0.6 is 0 Å². The molecule has 8 nitrogen and oxygen atoms in total. The first kappa shape index (κ1) is 41.1. The molecule has 0 aromatic heterocycles. The molecule has 2 rings (SSSR count). The third-order valence-electron chi connectivity index (χ3n) is 7.51. The van der Waals surface area contributed by atoms with Crippen LogP contribution in [-0.4, -0.2) is 68.7 Å². The van der Waals surface area contributed by atoms with E-state index in [9.17, 15) is 19.2 Å². The van der Waals surface area contributed by atoms with Crippen molar-refractivity contribution < 1.29 is 57.9 Å². The summed E-state index contributed by atoms with van der Waals surface area (Å²) in [5, 5.41) is 0. The van der Waals surface area contributed by atoms with E-state index in [1.165, 1.54) is 28.4 Å². The molecule has 0 bridgehead atoms. The van der Waals surface area contributed by atoms with Crippen LogP contribution in [0.2, 0.25) is 24.2 Å². The van der Waals surface area contributed by atoms with Gasteiger partial charge in [0.25, 0.3) is 0 Å². The summed E-state index contributed by atoms with van der Waals surface area (Å²) in [5.74, 6) is -0.559. The third-order valence-corrected chi connectivity index (χ3v) is 14.0. The van der Waals surface area contributed by atoms with Crippen LogP contribution in [0, 0.1) is 0 Å². The number of ketones is 4. The number of benzene rings is 2. The smallest absolute Gasteiger partial charge is 0.397 e. The fourth-order valence-electron chi connectivity index (χ4n) is 4.52. The minimum absolute atomic E-state index is 0. The zero-order valence-corrected chi connectivity index (χ0v) is 31.0. The minimum atomic E-state index is -2.88. The Morgan fingerprint density at radius 1 is 0.581 bits per heavy atom. The second-order valence-electron chi connectivity index (χ2n) is 10.3. The fraction of sp³-hybridized carbons (Fsp3) is 0.500. The van der Waals surface area contributed by atoms with Gasteiger partial charge in [-0.2, -0.15) is 0 Å². The summed E-state index contributed by atoms with van der Waals surface area (Å²) in [6.07, 6.45) is 4.14. The summed E-state index contributed by atoms with van der Waals surface area (Å²) in [6.45, 7) is 7.57. The average Bonchev–Trinajstić information content (AvgIpc) is 3.03. The number of unbranched alkanes of at least 4 members (excludes halogenated alkanes) is 2. The predicted molar refractivity (Wildman–Crippen MR) is 169 cm³/mol. The normalized spacial score (nSPS) is 12.7. The summed E-state index contributed by atoms with van der Waals surface area (Å²) in [6, 6.07) is 17.7. The van der Waals surface area contributed by atoms with E-state index >= 15 is 0 Å². The van der Waals surface area contributed by atoms with Crippen LogP contribution in [0.5, 0.6) is 0 Å². The summed E-state index contributed by atoms with van der Waals surface area (Å²) in [5.41, 5.74) is -0.580. The molecule has 2 unspecified atom stereocenters. The first-order chi connectivity index (χ1) is 20.0. The van der Waals surface area contributed by atoms with E-state index in [-0.39, 0.29) is 44.2 Å². The molecule has 0 N–H and O–H groups in total. The van der Waals surface area contributed by atoms with Crippen molar-refractivity contribution >= 4 is 40.3 Å². The van der Waals surface area contributed by atoms with Gasteiger partial charge in [0.15, 0.2) is 11.6 Å². The molecule has 0 radical (unpaired) electrons. The molecule has 2 atom stereocenters. The van der Waals surface area contributed by atoms with Gasteiger partial charge in [0.1, 0.15) is 22.6 Å². The van der Waals surface area contributed by atoms with Gasteiger partial charge >= 0.3 is 38.2 Å². The molecule has 0 fully saturated rings. The summed E-state index contributed by atoms with van der Waals surface area (Å²) in [7, 11) is 0.263. The quantitative estimate of drug-likeness (QED) is 0.0929. The number of carbonyl (C=O) groups is 4. The molecule has 240 valence electrons. The summed E-state index contributed by atoms with van der Waals surface area (Å²) in [4.78, 5) is 50.6. The van der Waals surface area contributed by atoms with Gasteiger partial charge in [0.05, 0.1) is 0 Å². The van der Waals surface area contributed by atoms with E-state index in [2.05, 4.69) is 0 Å². The Bertz CT molecular complexity index is 1030. The molecule has 0 aliphatic carbocycles. The second-order valence-corrected chi connectivity index (χ2v) is 17.2. The Kier molecular flexibility index (Phi) is 20.0. The topological polar surface area (TPSA) is 105 Å². The Morgan fingerprint density at radius 3 is 1.09 bits per heavy atom.